The van der Waals surface area contributed by atoms with Crippen LogP contribution in [-0.4, -0.2) is 52.2 Å². The Kier molecular flexibility index (Phi) is 7.04. The molecule has 2 amide bonds. The smallest absolute Gasteiger partial charge is 0.251 e. The Morgan fingerprint density at radius 1 is 1.06 bits per heavy atom. The second kappa shape index (κ2) is 9.68. The van der Waals surface area contributed by atoms with Crippen molar-refractivity contribution in [2.24, 2.45) is 11.3 Å². The monoisotopic (exact) mass is 484 g/mol. The minimum absolute atomic E-state index is 0.0802. The van der Waals surface area contributed by atoms with Crippen LogP contribution >= 0.6 is 11.6 Å². The molecule has 1 saturated heterocycles. The molecular weight excluding hydrogens is 452 g/mol. The molecule has 2 fully saturated rings. The molecule has 1 heterocycles. The van der Waals surface area contributed by atoms with Crippen molar-refractivity contribution in [2.45, 2.75) is 57.3 Å². The summed E-state index contributed by atoms with van der Waals surface area (Å²) >= 11 is 6.03. The molecular formula is C27H33ClN2O4. The molecule has 0 aromatic heterocycles. The summed E-state index contributed by atoms with van der Waals surface area (Å²) in [5.41, 5.74) is -0.367. The predicted octanol–water partition coefficient (Wildman–Crippen LogP) is 3.75. The lowest BCUT2D eigenvalue weighted by Gasteiger charge is -2.51. The van der Waals surface area contributed by atoms with Crippen molar-refractivity contribution in [2.75, 3.05) is 13.1 Å². The third kappa shape index (κ3) is 4.85. The summed E-state index contributed by atoms with van der Waals surface area (Å²) in [6, 6.07) is 15.8. The number of rotatable bonds is 4. The molecule has 0 bridgehead atoms. The van der Waals surface area contributed by atoms with E-state index >= 15 is 0 Å². The van der Waals surface area contributed by atoms with Crippen LogP contribution in [0.2, 0.25) is 5.02 Å². The van der Waals surface area contributed by atoms with E-state index in [1.54, 1.807) is 41.3 Å². The van der Waals surface area contributed by atoms with Crippen LogP contribution in [-0.2, 0) is 10.4 Å². The van der Waals surface area contributed by atoms with Crippen molar-refractivity contribution in [1.29, 1.82) is 0 Å². The van der Waals surface area contributed by atoms with E-state index in [0.29, 0.717) is 49.4 Å². The average Bonchev–Trinajstić information content (AvgIpc) is 2.82. The SMILES string of the molecule is CC1(C)CN(C(=O)[C@H]2CC(O)CC[C@H]2NC(=O)c2ccccc2)CC[C@]1(O)c1ccc(Cl)cc1. The number of nitrogens with zero attached hydrogens (tertiary/aromatic N) is 1. The summed E-state index contributed by atoms with van der Waals surface area (Å²) < 4.78 is 0. The lowest BCUT2D eigenvalue weighted by molar-refractivity contribution is -0.159. The maximum atomic E-state index is 13.7. The first-order valence-corrected chi connectivity index (χ1v) is 12.3. The maximum Gasteiger partial charge on any atom is 0.251 e. The number of halogens is 1. The fourth-order valence-corrected chi connectivity index (χ4v) is 5.57. The fraction of sp³-hybridized carbons (Fsp3) is 0.481. The molecule has 0 radical (unpaired) electrons. The van der Waals surface area contributed by atoms with Gasteiger partial charge < -0.3 is 20.4 Å². The Hall–Kier alpha value is -2.41. The number of amides is 2. The van der Waals surface area contributed by atoms with Crippen LogP contribution in [0.15, 0.2) is 54.6 Å². The van der Waals surface area contributed by atoms with Gasteiger partial charge in [0.1, 0.15) is 0 Å². The molecule has 182 valence electrons. The van der Waals surface area contributed by atoms with Gasteiger partial charge in [-0.05, 0) is 55.5 Å². The summed E-state index contributed by atoms with van der Waals surface area (Å²) in [6.07, 6.45) is 1.23. The van der Waals surface area contributed by atoms with Crippen LogP contribution in [0.3, 0.4) is 0 Å². The quantitative estimate of drug-likeness (QED) is 0.616. The normalized spacial score (nSPS) is 28.9. The summed E-state index contributed by atoms with van der Waals surface area (Å²) in [4.78, 5) is 28.2. The summed E-state index contributed by atoms with van der Waals surface area (Å²) in [5.74, 6) is -0.798. The van der Waals surface area contributed by atoms with Crippen LogP contribution in [0.5, 0.6) is 0 Å². The van der Waals surface area contributed by atoms with Crippen LogP contribution < -0.4 is 5.32 Å². The van der Waals surface area contributed by atoms with Gasteiger partial charge >= 0.3 is 0 Å². The second-order valence-corrected chi connectivity index (χ2v) is 10.7. The number of carbonyl (C=O) groups is 2. The number of aliphatic hydroxyl groups excluding tert-OH is 1. The highest BCUT2D eigenvalue weighted by molar-refractivity contribution is 6.30. The number of hydrogen-bond donors (Lipinski definition) is 3. The molecule has 4 rings (SSSR count). The summed E-state index contributed by atoms with van der Waals surface area (Å²) in [6.45, 7) is 4.70. The molecule has 2 aromatic rings. The molecule has 2 aliphatic rings. The Morgan fingerprint density at radius 2 is 1.74 bits per heavy atom. The van der Waals surface area contributed by atoms with Crippen molar-refractivity contribution in [3.05, 3.63) is 70.7 Å². The third-order valence-corrected chi connectivity index (χ3v) is 7.83. The molecule has 3 N–H and O–H groups in total. The average molecular weight is 485 g/mol. The van der Waals surface area contributed by atoms with Gasteiger partial charge in [0, 0.05) is 35.1 Å². The summed E-state index contributed by atoms with van der Waals surface area (Å²) in [7, 11) is 0. The van der Waals surface area contributed by atoms with E-state index in [4.69, 9.17) is 11.6 Å². The van der Waals surface area contributed by atoms with Gasteiger partial charge in [-0.15, -0.1) is 0 Å². The van der Waals surface area contributed by atoms with Gasteiger partial charge in [0.25, 0.3) is 5.91 Å². The van der Waals surface area contributed by atoms with E-state index in [2.05, 4.69) is 5.32 Å². The van der Waals surface area contributed by atoms with E-state index in [9.17, 15) is 19.8 Å². The Morgan fingerprint density at radius 3 is 2.38 bits per heavy atom. The first kappa shape index (κ1) is 24.7. The summed E-state index contributed by atoms with van der Waals surface area (Å²) in [5, 5.41) is 25.6. The zero-order valence-electron chi connectivity index (χ0n) is 19.7. The molecule has 2 aromatic carbocycles. The number of nitrogens with one attached hydrogen (secondary N) is 1. The molecule has 1 saturated carbocycles. The third-order valence-electron chi connectivity index (χ3n) is 7.58. The highest BCUT2D eigenvalue weighted by atomic mass is 35.5. The van der Waals surface area contributed by atoms with E-state index < -0.39 is 23.0 Å². The first-order valence-electron chi connectivity index (χ1n) is 11.9. The van der Waals surface area contributed by atoms with Gasteiger partial charge in [-0.2, -0.15) is 0 Å². The van der Waals surface area contributed by atoms with Crippen molar-refractivity contribution < 1.29 is 19.8 Å². The molecule has 4 atom stereocenters. The Labute approximate surface area is 205 Å². The number of carbonyl (C=O) groups excluding carboxylic acids is 2. The van der Waals surface area contributed by atoms with Gasteiger partial charge in [-0.1, -0.05) is 55.8 Å². The molecule has 0 spiro atoms. The predicted molar refractivity (Wildman–Crippen MR) is 131 cm³/mol. The Bertz CT molecular complexity index is 1030. The van der Waals surface area contributed by atoms with Crippen LogP contribution in [0, 0.1) is 11.3 Å². The highest BCUT2D eigenvalue weighted by Gasteiger charge is 2.51. The molecule has 1 unspecified atom stereocenters. The molecule has 7 heteroatoms. The molecule has 6 nitrogen and oxygen atoms in total. The lowest BCUT2D eigenvalue weighted by Crippen LogP contribution is -2.59. The van der Waals surface area contributed by atoms with Crippen molar-refractivity contribution in [3.63, 3.8) is 0 Å². The fourth-order valence-electron chi connectivity index (χ4n) is 5.44. The number of hydrogen-bond acceptors (Lipinski definition) is 4. The second-order valence-electron chi connectivity index (χ2n) is 10.3. The molecule has 1 aliphatic heterocycles. The highest BCUT2D eigenvalue weighted by Crippen LogP contribution is 2.46. The standard InChI is InChI=1S/C27H33ClN2O4/c1-26(2)17-30(15-14-27(26,34)19-8-10-20(28)11-9-19)25(33)22-16-21(31)12-13-23(22)29-24(32)18-6-4-3-5-7-18/h3-11,21-23,31,34H,12-17H2,1-2H3,(H,29,32)/t21?,22-,23+,27-/m0/s1. The number of likely N-dealkylation sites (tertiary alicyclic amines) is 1. The van der Waals surface area contributed by atoms with E-state index in [1.807, 2.05) is 32.0 Å². The lowest BCUT2D eigenvalue weighted by atomic mass is 9.66. The maximum absolute atomic E-state index is 13.7. The minimum Gasteiger partial charge on any atom is -0.393 e. The van der Waals surface area contributed by atoms with E-state index in [0.717, 1.165) is 5.56 Å². The van der Waals surface area contributed by atoms with Crippen LogP contribution in [0.25, 0.3) is 0 Å². The van der Waals surface area contributed by atoms with Gasteiger partial charge in [0.15, 0.2) is 0 Å². The number of aliphatic hydroxyl groups is 2. The van der Waals surface area contributed by atoms with Gasteiger partial charge in [-0.3, -0.25) is 9.59 Å². The molecule has 34 heavy (non-hydrogen) atoms. The van der Waals surface area contributed by atoms with E-state index in [-0.39, 0.29) is 17.9 Å². The zero-order valence-corrected chi connectivity index (χ0v) is 20.5. The topological polar surface area (TPSA) is 89.9 Å². The van der Waals surface area contributed by atoms with Crippen molar-refractivity contribution in [3.8, 4) is 0 Å². The van der Waals surface area contributed by atoms with Crippen molar-refractivity contribution in [1.82, 2.24) is 10.2 Å². The number of piperidine rings is 1. The molecule has 1 aliphatic carbocycles. The van der Waals surface area contributed by atoms with E-state index in [1.165, 1.54) is 0 Å². The van der Waals surface area contributed by atoms with Gasteiger partial charge in [-0.25, -0.2) is 0 Å². The first-order chi connectivity index (χ1) is 16.1. The van der Waals surface area contributed by atoms with Crippen LogP contribution in [0.1, 0.15) is 55.5 Å². The van der Waals surface area contributed by atoms with Crippen LogP contribution in [0.4, 0.5) is 0 Å². The Balaban J connectivity index is 1.50. The van der Waals surface area contributed by atoms with Crippen molar-refractivity contribution >= 4 is 23.4 Å². The zero-order chi connectivity index (χ0) is 24.5. The van der Waals surface area contributed by atoms with Gasteiger partial charge in [0.2, 0.25) is 5.91 Å². The largest absolute Gasteiger partial charge is 0.393 e. The minimum atomic E-state index is -1.10. The van der Waals surface area contributed by atoms with Gasteiger partial charge in [0.05, 0.1) is 17.6 Å². The number of benzene rings is 2.